The number of para-hydroxylation sites is 2. The number of anilines is 2. The van der Waals surface area contributed by atoms with Crippen molar-refractivity contribution in [2.24, 2.45) is 0 Å². The molecule has 2 aromatic carbocycles. The fraction of sp³-hybridized carbons (Fsp3) is 0.423. The molecule has 4 rings (SSSR count). The number of nitrogens with one attached hydrogen (secondary N) is 1. The Morgan fingerprint density at radius 1 is 1.09 bits per heavy atom. The van der Waals surface area contributed by atoms with Gasteiger partial charge in [0.1, 0.15) is 0 Å². The van der Waals surface area contributed by atoms with Crippen molar-refractivity contribution in [3.8, 4) is 5.69 Å². The number of thioether (sulfide) groups is 1. The zero-order valence-electron chi connectivity index (χ0n) is 20.3. The molecule has 0 bridgehead atoms. The van der Waals surface area contributed by atoms with E-state index in [1.165, 1.54) is 11.8 Å². The molecule has 0 unspecified atom stereocenters. The molecular weight excluding hydrogens is 446 g/mol. The van der Waals surface area contributed by atoms with E-state index >= 15 is 0 Å². The number of carbonyl (C=O) groups excluding carboxylic acids is 1. The number of carbonyl (C=O) groups is 1. The Balaban J connectivity index is 1.59. The third-order valence-corrected chi connectivity index (χ3v) is 7.32. The van der Waals surface area contributed by atoms with Crippen molar-refractivity contribution in [2.45, 2.75) is 50.4 Å². The molecule has 8 heteroatoms. The second-order valence-electron chi connectivity index (χ2n) is 8.65. The number of morpholine rings is 1. The second kappa shape index (κ2) is 11.1. The molecule has 0 radical (unpaired) electrons. The first kappa shape index (κ1) is 24.3. The average molecular weight is 480 g/mol. The molecule has 1 aromatic heterocycles. The second-order valence-corrected chi connectivity index (χ2v) is 9.96. The molecule has 7 nitrogen and oxygen atoms in total. The van der Waals surface area contributed by atoms with Crippen LogP contribution in [0.4, 0.5) is 11.6 Å². The van der Waals surface area contributed by atoms with Gasteiger partial charge >= 0.3 is 0 Å². The van der Waals surface area contributed by atoms with Gasteiger partial charge in [0.25, 0.3) is 0 Å². The highest BCUT2D eigenvalue weighted by Gasteiger charge is 2.26. The van der Waals surface area contributed by atoms with Crippen LogP contribution < -0.4 is 10.2 Å². The van der Waals surface area contributed by atoms with Crippen LogP contribution in [-0.2, 0) is 9.53 Å². The van der Waals surface area contributed by atoms with E-state index in [1.807, 2.05) is 37.3 Å². The molecule has 1 saturated heterocycles. The van der Waals surface area contributed by atoms with E-state index in [9.17, 15) is 4.79 Å². The van der Waals surface area contributed by atoms with E-state index < -0.39 is 0 Å². The quantitative estimate of drug-likeness (QED) is 0.456. The smallest absolute Gasteiger partial charge is 0.237 e. The molecule has 1 fully saturated rings. The lowest BCUT2D eigenvalue weighted by atomic mass is 9.97. The highest BCUT2D eigenvalue weighted by atomic mass is 32.2. The fourth-order valence-electron chi connectivity index (χ4n) is 4.04. The summed E-state index contributed by atoms with van der Waals surface area (Å²) in [6, 6.07) is 16.2. The van der Waals surface area contributed by atoms with Crippen LogP contribution in [0.15, 0.2) is 53.7 Å². The third-order valence-electron chi connectivity index (χ3n) is 6.28. The lowest BCUT2D eigenvalue weighted by Crippen LogP contribution is -2.38. The van der Waals surface area contributed by atoms with Crippen LogP contribution in [0.5, 0.6) is 0 Å². The molecule has 1 amide bonds. The SMILES string of the molecule is CC[C@@H](C)c1ccccc1NC(=O)[C@@H](C)Sc1nnc(N2CCOCC2)n1-c1ccccc1C. The Labute approximate surface area is 205 Å². The van der Waals surface area contributed by atoms with Gasteiger partial charge in [-0.1, -0.05) is 62.0 Å². The van der Waals surface area contributed by atoms with Crippen LogP contribution >= 0.6 is 11.8 Å². The number of amides is 1. The zero-order valence-corrected chi connectivity index (χ0v) is 21.1. The van der Waals surface area contributed by atoms with E-state index in [0.717, 1.165) is 48.0 Å². The summed E-state index contributed by atoms with van der Waals surface area (Å²) in [6.45, 7) is 11.2. The molecule has 2 heterocycles. The van der Waals surface area contributed by atoms with Crippen LogP contribution in [-0.4, -0.2) is 52.2 Å². The van der Waals surface area contributed by atoms with Gasteiger partial charge in [-0.05, 0) is 49.4 Å². The summed E-state index contributed by atoms with van der Waals surface area (Å²) in [6.07, 6.45) is 1.01. The van der Waals surface area contributed by atoms with Gasteiger partial charge in [-0.3, -0.25) is 9.36 Å². The van der Waals surface area contributed by atoms with E-state index in [-0.39, 0.29) is 11.2 Å². The van der Waals surface area contributed by atoms with Crippen LogP contribution in [0.3, 0.4) is 0 Å². The number of rotatable bonds is 8. The normalized spacial score (nSPS) is 15.7. The Morgan fingerprint density at radius 2 is 1.79 bits per heavy atom. The third kappa shape index (κ3) is 5.28. The summed E-state index contributed by atoms with van der Waals surface area (Å²) < 4.78 is 7.60. The monoisotopic (exact) mass is 479 g/mol. The maximum absolute atomic E-state index is 13.2. The molecule has 1 N–H and O–H groups in total. The fourth-order valence-corrected chi connectivity index (χ4v) is 4.89. The summed E-state index contributed by atoms with van der Waals surface area (Å²) in [5, 5.41) is 12.5. The Morgan fingerprint density at radius 3 is 2.53 bits per heavy atom. The van der Waals surface area contributed by atoms with Gasteiger partial charge < -0.3 is 15.0 Å². The lowest BCUT2D eigenvalue weighted by Gasteiger charge is -2.28. The topological polar surface area (TPSA) is 72.3 Å². The van der Waals surface area contributed by atoms with Gasteiger partial charge in [0.05, 0.1) is 24.2 Å². The van der Waals surface area contributed by atoms with Crippen LogP contribution in [0.1, 0.15) is 44.2 Å². The molecule has 180 valence electrons. The van der Waals surface area contributed by atoms with Gasteiger partial charge in [0, 0.05) is 18.8 Å². The minimum Gasteiger partial charge on any atom is -0.378 e. The summed E-state index contributed by atoms with van der Waals surface area (Å²) in [5.74, 6) is 1.11. The molecule has 0 spiro atoms. The number of aromatic nitrogens is 3. The van der Waals surface area contributed by atoms with Crippen LogP contribution in [0, 0.1) is 6.92 Å². The Bertz CT molecular complexity index is 1130. The molecular formula is C26H33N5O2S. The van der Waals surface area contributed by atoms with Crippen LogP contribution in [0.2, 0.25) is 0 Å². The Kier molecular flexibility index (Phi) is 7.90. The number of aryl methyl sites for hydroxylation is 1. The summed E-state index contributed by atoms with van der Waals surface area (Å²) in [7, 11) is 0. The summed E-state index contributed by atoms with van der Waals surface area (Å²) >= 11 is 1.43. The van der Waals surface area contributed by atoms with Gasteiger partial charge in [0.2, 0.25) is 11.9 Å². The predicted octanol–water partition coefficient (Wildman–Crippen LogP) is 5.05. The molecule has 1 aliphatic heterocycles. The molecule has 0 aliphatic carbocycles. The highest BCUT2D eigenvalue weighted by Crippen LogP contribution is 2.32. The number of benzene rings is 2. The lowest BCUT2D eigenvalue weighted by molar-refractivity contribution is -0.115. The van der Waals surface area contributed by atoms with Crippen LogP contribution in [0.25, 0.3) is 5.69 Å². The summed E-state index contributed by atoms with van der Waals surface area (Å²) in [5.41, 5.74) is 4.18. The molecule has 2 atom stereocenters. The first-order valence-corrected chi connectivity index (χ1v) is 12.8. The summed E-state index contributed by atoms with van der Waals surface area (Å²) in [4.78, 5) is 15.4. The molecule has 34 heavy (non-hydrogen) atoms. The van der Waals surface area contributed by atoms with Crippen molar-refractivity contribution in [1.29, 1.82) is 0 Å². The Hall–Kier alpha value is -2.84. The zero-order chi connectivity index (χ0) is 24.1. The number of nitrogens with zero attached hydrogens (tertiary/aromatic N) is 4. The predicted molar refractivity (Wildman–Crippen MR) is 138 cm³/mol. The maximum atomic E-state index is 13.2. The largest absolute Gasteiger partial charge is 0.378 e. The van der Waals surface area contributed by atoms with Crippen molar-refractivity contribution in [1.82, 2.24) is 14.8 Å². The van der Waals surface area contributed by atoms with Gasteiger partial charge in [0.15, 0.2) is 5.16 Å². The van der Waals surface area contributed by atoms with Crippen molar-refractivity contribution in [3.05, 3.63) is 59.7 Å². The maximum Gasteiger partial charge on any atom is 0.237 e. The van der Waals surface area contributed by atoms with E-state index in [4.69, 9.17) is 4.74 Å². The minimum atomic E-state index is -0.352. The number of hydrogen-bond acceptors (Lipinski definition) is 6. The van der Waals surface area contributed by atoms with E-state index in [1.54, 1.807) is 0 Å². The first-order valence-electron chi connectivity index (χ1n) is 11.9. The number of hydrogen-bond donors (Lipinski definition) is 1. The van der Waals surface area contributed by atoms with Crippen molar-refractivity contribution in [3.63, 3.8) is 0 Å². The van der Waals surface area contributed by atoms with Gasteiger partial charge in [-0.25, -0.2) is 0 Å². The van der Waals surface area contributed by atoms with E-state index in [0.29, 0.717) is 24.3 Å². The first-order chi connectivity index (χ1) is 16.5. The standard InChI is InChI=1S/C26H33N5O2S/c1-5-18(2)21-11-7-8-12-22(21)27-24(32)20(4)34-26-29-28-25(30-14-16-33-17-15-30)31(26)23-13-9-6-10-19(23)3/h6-13,18,20H,5,14-17H2,1-4H3,(H,27,32)/t18-,20-/m1/s1. The van der Waals surface area contributed by atoms with Gasteiger partial charge in [-0.2, -0.15) is 0 Å². The number of ether oxygens (including phenoxy) is 1. The van der Waals surface area contributed by atoms with E-state index in [2.05, 4.69) is 64.0 Å². The van der Waals surface area contributed by atoms with Crippen molar-refractivity contribution >= 4 is 29.3 Å². The molecule has 1 aliphatic rings. The van der Waals surface area contributed by atoms with Crippen molar-refractivity contribution in [2.75, 3.05) is 36.5 Å². The highest BCUT2D eigenvalue weighted by molar-refractivity contribution is 8.00. The molecule has 3 aromatic rings. The van der Waals surface area contributed by atoms with Crippen molar-refractivity contribution < 1.29 is 9.53 Å². The minimum absolute atomic E-state index is 0.0481. The van der Waals surface area contributed by atoms with Gasteiger partial charge in [-0.15, -0.1) is 10.2 Å². The average Bonchev–Trinajstić information content (AvgIpc) is 3.27. The molecule has 0 saturated carbocycles.